The fourth-order valence-corrected chi connectivity index (χ4v) is 3.01. The van der Waals surface area contributed by atoms with E-state index in [4.69, 9.17) is 14.2 Å². The molecule has 0 atom stereocenters. The molecule has 2 aromatic carbocycles. The third kappa shape index (κ3) is 9.88. The Balaban J connectivity index is 1.75. The summed E-state index contributed by atoms with van der Waals surface area (Å²) in [4.78, 5) is 35.0. The molecule has 0 aromatic heterocycles. The van der Waals surface area contributed by atoms with Gasteiger partial charge in [0.25, 0.3) is 0 Å². The van der Waals surface area contributed by atoms with Crippen molar-refractivity contribution >= 4 is 24.0 Å². The van der Waals surface area contributed by atoms with Crippen molar-refractivity contribution in [2.45, 2.75) is 39.5 Å². The smallest absolute Gasteiger partial charge is 0.343 e. The first-order valence-electron chi connectivity index (χ1n) is 11.4. The van der Waals surface area contributed by atoms with E-state index >= 15 is 0 Å². The van der Waals surface area contributed by atoms with Gasteiger partial charge >= 0.3 is 17.9 Å². The van der Waals surface area contributed by atoms with Crippen molar-refractivity contribution in [1.29, 1.82) is 0 Å². The van der Waals surface area contributed by atoms with Crippen LogP contribution in [0.3, 0.4) is 0 Å². The largest absolute Gasteiger partial charge is 0.493 e. The summed E-state index contributed by atoms with van der Waals surface area (Å²) in [6.07, 6.45) is 6.52. The van der Waals surface area contributed by atoms with Gasteiger partial charge in [-0.1, -0.05) is 18.7 Å². The molecule has 0 saturated heterocycles. The maximum Gasteiger partial charge on any atom is 0.343 e. The van der Waals surface area contributed by atoms with Crippen LogP contribution in [0.1, 0.15) is 54.1 Å². The summed E-state index contributed by atoms with van der Waals surface area (Å²) < 4.78 is 20.9. The summed E-state index contributed by atoms with van der Waals surface area (Å²) in [7, 11) is 1.31. The summed E-state index contributed by atoms with van der Waals surface area (Å²) in [6.45, 7) is 8.02. The molecule has 7 nitrogen and oxygen atoms in total. The van der Waals surface area contributed by atoms with Crippen LogP contribution in [-0.2, 0) is 19.1 Å². The molecule has 0 unspecified atom stereocenters. The third-order valence-electron chi connectivity index (χ3n) is 4.99. The van der Waals surface area contributed by atoms with Crippen LogP contribution < -0.4 is 9.47 Å². The van der Waals surface area contributed by atoms with Crippen molar-refractivity contribution < 1.29 is 33.3 Å². The van der Waals surface area contributed by atoms with Gasteiger partial charge in [0, 0.05) is 11.6 Å². The molecule has 0 aliphatic carbocycles. The normalized spacial score (nSPS) is 10.6. The molecule has 0 heterocycles. The Morgan fingerprint density at radius 1 is 0.943 bits per heavy atom. The molecule has 2 aromatic rings. The van der Waals surface area contributed by atoms with Gasteiger partial charge in [-0.15, -0.1) is 0 Å². The predicted molar refractivity (Wildman–Crippen MR) is 133 cm³/mol. The highest BCUT2D eigenvalue weighted by atomic mass is 16.5. The van der Waals surface area contributed by atoms with E-state index in [0.29, 0.717) is 30.1 Å². The molecule has 0 radical (unpaired) electrons. The number of benzene rings is 2. The SMILES string of the molecule is C=C(C)C(=O)OCCCCCCOc1ccc(C(=O)Oc2ccc(/C=C/C(=O)OC)cc2)cc1C. The van der Waals surface area contributed by atoms with Crippen LogP contribution in [0.5, 0.6) is 11.5 Å². The average Bonchev–Trinajstić information content (AvgIpc) is 2.85. The number of ether oxygens (including phenoxy) is 4. The minimum atomic E-state index is -0.468. The van der Waals surface area contributed by atoms with Gasteiger partial charge in [0.2, 0.25) is 0 Å². The molecular weight excluding hydrogens is 448 g/mol. The number of hydrogen-bond acceptors (Lipinski definition) is 7. The van der Waals surface area contributed by atoms with Gasteiger partial charge in [0.05, 0.1) is 25.9 Å². The standard InChI is InChI=1S/C28H32O7/c1-20(2)27(30)34-18-8-6-5-7-17-33-25-15-12-23(19-21(25)3)28(31)35-24-13-9-22(10-14-24)11-16-26(29)32-4/h9-16,19H,1,5-8,17-18H2,2-4H3/b16-11+. The second kappa shape index (κ2) is 14.4. The molecule has 0 aliphatic rings. The van der Waals surface area contributed by atoms with Gasteiger partial charge in [-0.25, -0.2) is 14.4 Å². The topological polar surface area (TPSA) is 88.1 Å². The quantitative estimate of drug-likeness (QED) is 0.163. The fraction of sp³-hybridized carbons (Fsp3) is 0.321. The lowest BCUT2D eigenvalue weighted by atomic mass is 10.1. The van der Waals surface area contributed by atoms with E-state index in [-0.39, 0.29) is 5.97 Å². The van der Waals surface area contributed by atoms with E-state index in [9.17, 15) is 14.4 Å². The first kappa shape index (κ1) is 27.4. The number of methoxy groups -OCH3 is 1. The van der Waals surface area contributed by atoms with Crippen LogP contribution in [-0.4, -0.2) is 38.2 Å². The van der Waals surface area contributed by atoms with Crippen LogP contribution in [0.25, 0.3) is 6.08 Å². The Morgan fingerprint density at radius 2 is 1.63 bits per heavy atom. The van der Waals surface area contributed by atoms with Gasteiger partial charge in [-0.05, 0) is 87.1 Å². The Hall–Kier alpha value is -3.87. The molecule has 7 heteroatoms. The lowest BCUT2D eigenvalue weighted by Crippen LogP contribution is -2.09. The highest BCUT2D eigenvalue weighted by Crippen LogP contribution is 2.21. The molecule has 186 valence electrons. The van der Waals surface area contributed by atoms with Crippen LogP contribution in [0.4, 0.5) is 0 Å². The minimum absolute atomic E-state index is 0.348. The van der Waals surface area contributed by atoms with Crippen molar-refractivity contribution in [2.24, 2.45) is 0 Å². The van der Waals surface area contributed by atoms with Gasteiger partial charge in [-0.2, -0.15) is 0 Å². The second-order valence-corrected chi connectivity index (χ2v) is 7.97. The maximum absolute atomic E-state index is 12.5. The monoisotopic (exact) mass is 480 g/mol. The van der Waals surface area contributed by atoms with Crippen molar-refractivity contribution in [3.63, 3.8) is 0 Å². The molecule has 0 aliphatic heterocycles. The first-order valence-corrected chi connectivity index (χ1v) is 11.4. The van der Waals surface area contributed by atoms with Gasteiger partial charge < -0.3 is 18.9 Å². The van der Waals surface area contributed by atoms with Crippen molar-refractivity contribution in [1.82, 2.24) is 0 Å². The van der Waals surface area contributed by atoms with Crippen LogP contribution in [0.2, 0.25) is 0 Å². The second-order valence-electron chi connectivity index (χ2n) is 7.97. The zero-order valence-corrected chi connectivity index (χ0v) is 20.5. The van der Waals surface area contributed by atoms with E-state index < -0.39 is 11.9 Å². The third-order valence-corrected chi connectivity index (χ3v) is 4.99. The molecule has 0 fully saturated rings. The van der Waals surface area contributed by atoms with E-state index in [1.165, 1.54) is 13.2 Å². The number of carbonyl (C=O) groups excluding carboxylic acids is 3. The molecule has 0 amide bonds. The van der Waals surface area contributed by atoms with Gasteiger partial charge in [-0.3, -0.25) is 0 Å². The van der Waals surface area contributed by atoms with E-state index in [2.05, 4.69) is 11.3 Å². The average molecular weight is 481 g/mol. The Bertz CT molecular complexity index is 1050. The summed E-state index contributed by atoms with van der Waals surface area (Å²) >= 11 is 0. The zero-order chi connectivity index (χ0) is 25.6. The molecule has 2 rings (SSSR count). The molecule has 0 bridgehead atoms. The van der Waals surface area contributed by atoms with Crippen molar-refractivity contribution in [2.75, 3.05) is 20.3 Å². The maximum atomic E-state index is 12.5. The van der Waals surface area contributed by atoms with Gasteiger partial charge in [0.1, 0.15) is 11.5 Å². The Kier molecular flexibility index (Phi) is 11.3. The molecular formula is C28H32O7. The fourth-order valence-electron chi connectivity index (χ4n) is 3.01. The summed E-state index contributed by atoms with van der Waals surface area (Å²) in [5.74, 6) is -0.137. The number of esters is 3. The molecule has 0 N–H and O–H groups in total. The van der Waals surface area contributed by atoms with E-state index in [0.717, 1.165) is 42.6 Å². The number of hydrogen-bond donors (Lipinski definition) is 0. The van der Waals surface area contributed by atoms with E-state index in [1.807, 2.05) is 6.92 Å². The first-order chi connectivity index (χ1) is 16.8. The highest BCUT2D eigenvalue weighted by Gasteiger charge is 2.11. The number of aryl methyl sites for hydroxylation is 1. The lowest BCUT2D eigenvalue weighted by molar-refractivity contribution is -0.139. The summed E-state index contributed by atoms with van der Waals surface area (Å²) in [6, 6.07) is 12.0. The zero-order valence-electron chi connectivity index (χ0n) is 20.5. The lowest BCUT2D eigenvalue weighted by Gasteiger charge is -2.11. The van der Waals surface area contributed by atoms with Gasteiger partial charge in [0.15, 0.2) is 0 Å². The molecule has 0 spiro atoms. The van der Waals surface area contributed by atoms with Crippen LogP contribution >= 0.6 is 0 Å². The summed E-state index contributed by atoms with van der Waals surface area (Å²) in [5.41, 5.74) is 2.45. The number of rotatable bonds is 13. The molecule has 35 heavy (non-hydrogen) atoms. The van der Waals surface area contributed by atoms with Crippen molar-refractivity contribution in [3.8, 4) is 11.5 Å². The van der Waals surface area contributed by atoms with Crippen molar-refractivity contribution in [3.05, 3.63) is 77.4 Å². The molecule has 0 saturated carbocycles. The van der Waals surface area contributed by atoms with Crippen LogP contribution in [0, 0.1) is 6.92 Å². The minimum Gasteiger partial charge on any atom is -0.493 e. The number of unbranched alkanes of at least 4 members (excludes halogenated alkanes) is 3. The Morgan fingerprint density at radius 3 is 2.26 bits per heavy atom. The highest BCUT2D eigenvalue weighted by molar-refractivity contribution is 5.91. The van der Waals surface area contributed by atoms with Crippen LogP contribution in [0.15, 0.2) is 60.7 Å². The van der Waals surface area contributed by atoms with E-state index in [1.54, 1.807) is 55.5 Å². The Labute approximate surface area is 206 Å². The summed E-state index contributed by atoms with van der Waals surface area (Å²) in [5, 5.41) is 0. The number of carbonyl (C=O) groups is 3. The predicted octanol–water partition coefficient (Wildman–Crippen LogP) is 5.46.